The van der Waals surface area contributed by atoms with E-state index in [4.69, 9.17) is 9.47 Å². The molecule has 0 unspecified atom stereocenters. The summed E-state index contributed by atoms with van der Waals surface area (Å²) in [6.07, 6.45) is 0.568. The van der Waals surface area contributed by atoms with Gasteiger partial charge >= 0.3 is 6.03 Å². The maximum Gasteiger partial charge on any atom is 0.325 e. The fourth-order valence-corrected chi connectivity index (χ4v) is 5.68. The topological polar surface area (TPSA) is 74.3 Å². The molecule has 2 fully saturated rings. The van der Waals surface area contributed by atoms with Gasteiger partial charge in [-0.05, 0) is 43.3 Å². The lowest BCUT2D eigenvalue weighted by atomic mass is 9.89. The van der Waals surface area contributed by atoms with Crippen molar-refractivity contribution in [3.63, 3.8) is 0 Å². The molecule has 37 heavy (non-hydrogen) atoms. The van der Waals surface area contributed by atoms with Crippen LogP contribution in [-0.4, -0.2) is 55.9 Å². The van der Waals surface area contributed by atoms with Crippen LogP contribution in [0.4, 0.5) is 16.2 Å². The smallest absolute Gasteiger partial charge is 0.325 e. The van der Waals surface area contributed by atoms with Crippen molar-refractivity contribution >= 4 is 23.3 Å². The minimum atomic E-state index is -0.933. The Morgan fingerprint density at radius 1 is 0.973 bits per heavy atom. The Labute approximate surface area is 216 Å². The highest BCUT2D eigenvalue weighted by molar-refractivity contribution is 5.99. The second kappa shape index (κ2) is 9.03. The highest BCUT2D eigenvalue weighted by Gasteiger charge is 2.50. The SMILES string of the molecule is COc1cccc2c1O[C@@]1(C)C[C@H]2NC(=O)N1c1cccc(C(=O)N2CCN(c3ccccc3)CC2)c1. The standard InChI is InChI=1S/C29H30N4O4/c1-29-19-24(23-12-7-13-25(36-2)26(23)37-29)30-28(35)33(29)22-11-6-8-20(18-22)27(34)32-16-14-31(15-17-32)21-9-4-3-5-10-21/h3-13,18,24H,14-17,19H2,1-2H3,(H,30,35)/t24-,29+/m1/s1. The molecule has 1 N–H and O–H groups in total. The van der Waals surface area contributed by atoms with E-state index >= 15 is 0 Å². The summed E-state index contributed by atoms with van der Waals surface area (Å²) in [5.74, 6) is 1.23. The van der Waals surface area contributed by atoms with Crippen molar-refractivity contribution < 1.29 is 19.1 Å². The van der Waals surface area contributed by atoms with Crippen LogP contribution in [-0.2, 0) is 0 Å². The molecule has 0 spiro atoms. The number of nitrogens with one attached hydrogen (secondary N) is 1. The van der Waals surface area contributed by atoms with E-state index in [2.05, 4.69) is 22.3 Å². The van der Waals surface area contributed by atoms with Crippen molar-refractivity contribution in [3.05, 3.63) is 83.9 Å². The minimum Gasteiger partial charge on any atom is -0.493 e. The third kappa shape index (κ3) is 4.02. The summed E-state index contributed by atoms with van der Waals surface area (Å²) in [4.78, 5) is 32.6. The van der Waals surface area contributed by atoms with Gasteiger partial charge in [0.1, 0.15) is 0 Å². The predicted molar refractivity (Wildman–Crippen MR) is 141 cm³/mol. The first kappa shape index (κ1) is 23.2. The largest absolute Gasteiger partial charge is 0.493 e. The van der Waals surface area contributed by atoms with Crippen molar-refractivity contribution in [2.45, 2.75) is 25.1 Å². The molecule has 190 valence electrons. The first-order chi connectivity index (χ1) is 18.0. The van der Waals surface area contributed by atoms with Gasteiger partial charge in [0.2, 0.25) is 0 Å². The molecule has 3 heterocycles. The lowest BCUT2D eigenvalue weighted by molar-refractivity contribution is 0.0349. The highest BCUT2D eigenvalue weighted by atomic mass is 16.5. The van der Waals surface area contributed by atoms with E-state index in [-0.39, 0.29) is 18.0 Å². The second-order valence-electron chi connectivity index (χ2n) is 9.86. The van der Waals surface area contributed by atoms with Crippen LogP contribution in [0, 0.1) is 0 Å². The molecule has 2 atom stereocenters. The number of para-hydroxylation sites is 2. The summed E-state index contributed by atoms with van der Waals surface area (Å²) < 4.78 is 12.0. The van der Waals surface area contributed by atoms with Gasteiger partial charge in [-0.2, -0.15) is 0 Å². The van der Waals surface area contributed by atoms with E-state index in [0.29, 0.717) is 42.3 Å². The summed E-state index contributed by atoms with van der Waals surface area (Å²) >= 11 is 0. The molecule has 2 saturated heterocycles. The number of carbonyl (C=O) groups is 2. The molecule has 3 aliphatic heterocycles. The van der Waals surface area contributed by atoms with Gasteiger partial charge in [-0.25, -0.2) is 4.79 Å². The Bertz CT molecular complexity index is 1340. The van der Waals surface area contributed by atoms with Crippen LogP contribution >= 0.6 is 0 Å². The van der Waals surface area contributed by atoms with Crippen molar-refractivity contribution in [1.29, 1.82) is 0 Å². The molecular weight excluding hydrogens is 468 g/mol. The van der Waals surface area contributed by atoms with Gasteiger partial charge in [0.25, 0.3) is 5.91 Å². The first-order valence-corrected chi connectivity index (χ1v) is 12.6. The van der Waals surface area contributed by atoms with Gasteiger partial charge in [-0.15, -0.1) is 0 Å². The number of nitrogens with zero attached hydrogens (tertiary/aromatic N) is 3. The lowest BCUT2D eigenvalue weighted by Crippen LogP contribution is -2.65. The van der Waals surface area contributed by atoms with E-state index in [1.807, 2.05) is 66.4 Å². The summed E-state index contributed by atoms with van der Waals surface area (Å²) in [7, 11) is 1.61. The number of ether oxygens (including phenoxy) is 2. The molecule has 3 aliphatic rings. The number of rotatable bonds is 4. The zero-order valence-corrected chi connectivity index (χ0v) is 21.0. The van der Waals surface area contributed by atoms with Crippen LogP contribution in [0.25, 0.3) is 0 Å². The summed E-state index contributed by atoms with van der Waals surface area (Å²) in [5, 5.41) is 3.11. The summed E-state index contributed by atoms with van der Waals surface area (Å²) in [6, 6.07) is 22.8. The molecule has 3 aromatic rings. The van der Waals surface area contributed by atoms with Crippen molar-refractivity contribution in [3.8, 4) is 11.5 Å². The molecule has 0 aliphatic carbocycles. The Morgan fingerprint density at radius 2 is 1.70 bits per heavy atom. The highest BCUT2D eigenvalue weighted by Crippen LogP contribution is 2.49. The van der Waals surface area contributed by atoms with Crippen LogP contribution in [0.1, 0.15) is 35.3 Å². The minimum absolute atomic E-state index is 0.0356. The van der Waals surface area contributed by atoms with Gasteiger partial charge < -0.3 is 24.6 Å². The quantitative estimate of drug-likeness (QED) is 0.576. The monoisotopic (exact) mass is 498 g/mol. The Hall–Kier alpha value is -4.20. The van der Waals surface area contributed by atoms with Crippen LogP contribution in [0.15, 0.2) is 72.8 Å². The number of hydrogen-bond acceptors (Lipinski definition) is 5. The molecule has 0 radical (unpaired) electrons. The average molecular weight is 499 g/mol. The third-order valence-corrected chi connectivity index (χ3v) is 7.52. The number of fused-ring (bicyclic) bond motifs is 4. The first-order valence-electron chi connectivity index (χ1n) is 12.6. The zero-order chi connectivity index (χ0) is 25.6. The number of carbonyl (C=O) groups excluding carboxylic acids is 2. The molecule has 3 amide bonds. The van der Waals surface area contributed by atoms with E-state index in [0.717, 1.165) is 18.7 Å². The van der Waals surface area contributed by atoms with Crippen LogP contribution in [0.5, 0.6) is 11.5 Å². The molecule has 0 aromatic heterocycles. The van der Waals surface area contributed by atoms with Crippen LogP contribution in [0.2, 0.25) is 0 Å². The zero-order valence-electron chi connectivity index (χ0n) is 21.0. The number of amides is 3. The van der Waals surface area contributed by atoms with Gasteiger partial charge in [0.05, 0.1) is 18.8 Å². The number of piperazine rings is 1. The van der Waals surface area contributed by atoms with Gasteiger partial charge in [-0.3, -0.25) is 9.69 Å². The Morgan fingerprint density at radius 3 is 2.46 bits per heavy atom. The van der Waals surface area contributed by atoms with Crippen molar-refractivity contribution in [2.75, 3.05) is 43.1 Å². The van der Waals surface area contributed by atoms with Crippen molar-refractivity contribution in [2.24, 2.45) is 0 Å². The van der Waals surface area contributed by atoms with Gasteiger partial charge in [-0.1, -0.05) is 36.4 Å². The molecule has 2 bridgehead atoms. The molecule has 0 saturated carbocycles. The maximum absolute atomic E-state index is 13.4. The second-order valence-corrected chi connectivity index (χ2v) is 9.86. The van der Waals surface area contributed by atoms with Crippen molar-refractivity contribution in [1.82, 2.24) is 10.2 Å². The summed E-state index contributed by atoms with van der Waals surface area (Å²) in [6.45, 7) is 4.74. The number of methoxy groups -OCH3 is 1. The Kier molecular flexibility index (Phi) is 5.67. The molecule has 8 heteroatoms. The average Bonchev–Trinajstić information content (AvgIpc) is 2.92. The van der Waals surface area contributed by atoms with E-state index in [1.165, 1.54) is 5.69 Å². The number of anilines is 2. The van der Waals surface area contributed by atoms with E-state index < -0.39 is 5.72 Å². The maximum atomic E-state index is 13.4. The normalized spacial score (nSPS) is 22.6. The number of benzene rings is 3. The summed E-state index contributed by atoms with van der Waals surface area (Å²) in [5.41, 5.74) is 2.31. The fourth-order valence-electron chi connectivity index (χ4n) is 5.68. The van der Waals surface area contributed by atoms with E-state index in [9.17, 15) is 9.59 Å². The van der Waals surface area contributed by atoms with Crippen LogP contribution in [0.3, 0.4) is 0 Å². The lowest BCUT2D eigenvalue weighted by Gasteiger charge is -2.50. The predicted octanol–water partition coefficient (Wildman–Crippen LogP) is 4.43. The fraction of sp³-hybridized carbons (Fsp3) is 0.310. The van der Waals surface area contributed by atoms with E-state index in [1.54, 1.807) is 18.1 Å². The Balaban J connectivity index is 1.23. The number of hydrogen-bond donors (Lipinski definition) is 1. The molecule has 3 aromatic carbocycles. The molecular formula is C29H30N4O4. The van der Waals surface area contributed by atoms with Gasteiger partial charge in [0, 0.05) is 49.4 Å². The van der Waals surface area contributed by atoms with Gasteiger partial charge in [0.15, 0.2) is 17.2 Å². The molecule has 8 nitrogen and oxygen atoms in total. The third-order valence-electron chi connectivity index (χ3n) is 7.52. The van der Waals surface area contributed by atoms with Crippen LogP contribution < -0.4 is 24.6 Å². The number of urea groups is 1. The molecule has 6 rings (SSSR count).